The van der Waals surface area contributed by atoms with Crippen molar-refractivity contribution in [3.05, 3.63) is 35.9 Å². The number of aliphatic hydroxyl groups is 1. The number of nitrogens with one attached hydrogen (secondary N) is 1. The number of hydrogen-bond donors (Lipinski definition) is 2. The van der Waals surface area contributed by atoms with E-state index in [1.54, 1.807) is 0 Å². The largest absolute Gasteiger partial charge is 0.395 e. The summed E-state index contributed by atoms with van der Waals surface area (Å²) in [7, 11) is -3.55. The van der Waals surface area contributed by atoms with E-state index in [4.69, 9.17) is 0 Å². The quantitative estimate of drug-likeness (QED) is 0.688. The van der Waals surface area contributed by atoms with E-state index in [0.717, 1.165) is 18.4 Å². The van der Waals surface area contributed by atoms with E-state index >= 15 is 0 Å². The van der Waals surface area contributed by atoms with Crippen LogP contribution in [0.5, 0.6) is 0 Å². The lowest BCUT2D eigenvalue weighted by Crippen LogP contribution is -2.48. The third-order valence-corrected chi connectivity index (χ3v) is 4.82. The van der Waals surface area contributed by atoms with Crippen molar-refractivity contribution in [1.82, 2.24) is 9.03 Å². The Hall–Kier alpha value is -0.950. The third-order valence-electron chi connectivity index (χ3n) is 3.15. The predicted molar refractivity (Wildman–Crippen MR) is 85.2 cm³/mol. The minimum atomic E-state index is -3.55. The van der Waals surface area contributed by atoms with Crippen molar-refractivity contribution in [2.75, 3.05) is 19.7 Å². The minimum absolute atomic E-state index is 0.222. The van der Waals surface area contributed by atoms with Gasteiger partial charge in [0, 0.05) is 13.1 Å². The molecule has 2 N–H and O–H groups in total. The fraction of sp³-hybridized carbons (Fsp3) is 0.600. The standard InChI is InChI=1S/C15H26N2O3S/c1-3-10-17(11-4-2)21(19,20)16-15(13-18)12-14-8-6-5-7-9-14/h5-9,15-16,18H,3-4,10-13H2,1-2H3/t15-/m1/s1. The molecule has 0 aliphatic carbocycles. The van der Waals surface area contributed by atoms with Gasteiger partial charge < -0.3 is 5.11 Å². The van der Waals surface area contributed by atoms with Crippen LogP contribution in [0, 0.1) is 0 Å². The normalized spacial score (nSPS) is 13.5. The highest BCUT2D eigenvalue weighted by Crippen LogP contribution is 2.07. The number of rotatable bonds is 10. The van der Waals surface area contributed by atoms with Gasteiger partial charge in [0.15, 0.2) is 0 Å². The van der Waals surface area contributed by atoms with Crippen LogP contribution in [0.25, 0.3) is 0 Å². The van der Waals surface area contributed by atoms with Crippen LogP contribution in [0.3, 0.4) is 0 Å². The van der Waals surface area contributed by atoms with E-state index in [2.05, 4.69) is 4.72 Å². The summed E-state index contributed by atoms with van der Waals surface area (Å²) < 4.78 is 28.8. The van der Waals surface area contributed by atoms with Crippen molar-refractivity contribution >= 4 is 10.2 Å². The molecule has 1 atom stereocenters. The molecule has 0 aromatic heterocycles. The molecule has 0 unspecified atom stereocenters. The van der Waals surface area contributed by atoms with Crippen LogP contribution in [0.2, 0.25) is 0 Å². The molecule has 0 aliphatic heterocycles. The molecule has 0 spiro atoms. The van der Waals surface area contributed by atoms with E-state index in [0.29, 0.717) is 19.5 Å². The molecule has 0 aliphatic rings. The zero-order chi connectivity index (χ0) is 15.7. The first-order valence-electron chi connectivity index (χ1n) is 7.45. The van der Waals surface area contributed by atoms with E-state index in [-0.39, 0.29) is 6.61 Å². The molecule has 0 saturated heterocycles. The summed E-state index contributed by atoms with van der Waals surface area (Å²) in [6.07, 6.45) is 2.01. The second-order valence-corrected chi connectivity index (χ2v) is 6.79. The zero-order valence-corrected chi connectivity index (χ0v) is 13.6. The summed E-state index contributed by atoms with van der Waals surface area (Å²) in [6.45, 7) is 4.66. The lowest BCUT2D eigenvalue weighted by Gasteiger charge is -2.24. The van der Waals surface area contributed by atoms with Crippen LogP contribution in [-0.2, 0) is 16.6 Å². The SMILES string of the molecule is CCCN(CCC)S(=O)(=O)N[C@@H](CO)Cc1ccccc1. The molecule has 1 aromatic carbocycles. The maximum Gasteiger partial charge on any atom is 0.279 e. The average Bonchev–Trinajstić information content (AvgIpc) is 2.47. The smallest absolute Gasteiger partial charge is 0.279 e. The van der Waals surface area contributed by atoms with Crippen LogP contribution in [0.1, 0.15) is 32.3 Å². The maximum absolute atomic E-state index is 12.4. The summed E-state index contributed by atoms with van der Waals surface area (Å²) in [6, 6.07) is 9.05. The Labute approximate surface area is 128 Å². The molecule has 0 saturated carbocycles. The Morgan fingerprint density at radius 3 is 2.19 bits per heavy atom. The second-order valence-electron chi connectivity index (χ2n) is 5.09. The van der Waals surface area contributed by atoms with E-state index in [1.807, 2.05) is 44.2 Å². The van der Waals surface area contributed by atoms with Crippen LogP contribution in [0.4, 0.5) is 0 Å². The van der Waals surface area contributed by atoms with Gasteiger partial charge in [0.2, 0.25) is 0 Å². The first-order chi connectivity index (χ1) is 10.0. The van der Waals surface area contributed by atoms with Crippen molar-refractivity contribution in [3.63, 3.8) is 0 Å². The van der Waals surface area contributed by atoms with Gasteiger partial charge in [0.1, 0.15) is 0 Å². The molecule has 0 heterocycles. The highest BCUT2D eigenvalue weighted by Gasteiger charge is 2.24. The number of aliphatic hydroxyl groups excluding tert-OH is 1. The maximum atomic E-state index is 12.4. The lowest BCUT2D eigenvalue weighted by molar-refractivity contribution is 0.253. The molecule has 0 bridgehead atoms. The Morgan fingerprint density at radius 2 is 1.71 bits per heavy atom. The molecule has 21 heavy (non-hydrogen) atoms. The van der Waals surface area contributed by atoms with Gasteiger partial charge in [-0.2, -0.15) is 17.4 Å². The van der Waals surface area contributed by atoms with Crippen LogP contribution in [0.15, 0.2) is 30.3 Å². The minimum Gasteiger partial charge on any atom is -0.395 e. The summed E-state index contributed by atoms with van der Waals surface area (Å²) in [5, 5.41) is 9.45. The second kappa shape index (κ2) is 9.15. The number of nitrogens with zero attached hydrogens (tertiary/aromatic N) is 1. The highest BCUT2D eigenvalue weighted by atomic mass is 32.2. The highest BCUT2D eigenvalue weighted by molar-refractivity contribution is 7.87. The van der Waals surface area contributed by atoms with Crippen LogP contribution >= 0.6 is 0 Å². The molecule has 0 radical (unpaired) electrons. The van der Waals surface area contributed by atoms with Crippen molar-refractivity contribution in [3.8, 4) is 0 Å². The Morgan fingerprint density at radius 1 is 1.14 bits per heavy atom. The Balaban J connectivity index is 2.73. The predicted octanol–water partition coefficient (Wildman–Crippen LogP) is 1.55. The first kappa shape index (κ1) is 18.1. The summed E-state index contributed by atoms with van der Waals surface area (Å²) in [5.41, 5.74) is 0.997. The molecule has 5 nitrogen and oxygen atoms in total. The van der Waals surface area contributed by atoms with E-state index < -0.39 is 16.3 Å². The van der Waals surface area contributed by atoms with Crippen LogP contribution < -0.4 is 4.72 Å². The average molecular weight is 314 g/mol. The summed E-state index contributed by atoms with van der Waals surface area (Å²) in [4.78, 5) is 0. The molecule has 0 amide bonds. The van der Waals surface area contributed by atoms with Gasteiger partial charge in [0.05, 0.1) is 12.6 Å². The van der Waals surface area contributed by atoms with Crippen molar-refractivity contribution in [2.45, 2.75) is 39.2 Å². The van der Waals surface area contributed by atoms with Crippen molar-refractivity contribution in [1.29, 1.82) is 0 Å². The molecular weight excluding hydrogens is 288 g/mol. The fourth-order valence-electron chi connectivity index (χ4n) is 2.18. The molecule has 0 fully saturated rings. The topological polar surface area (TPSA) is 69.6 Å². The number of benzene rings is 1. The van der Waals surface area contributed by atoms with Crippen molar-refractivity contribution < 1.29 is 13.5 Å². The first-order valence-corrected chi connectivity index (χ1v) is 8.89. The third kappa shape index (κ3) is 6.13. The fourth-order valence-corrected chi connectivity index (χ4v) is 3.75. The molecule has 1 rings (SSSR count). The van der Waals surface area contributed by atoms with Crippen LogP contribution in [-0.4, -0.2) is 43.6 Å². The van der Waals surface area contributed by atoms with Gasteiger partial charge >= 0.3 is 0 Å². The molecular formula is C15H26N2O3S. The Kier molecular flexibility index (Phi) is 7.88. The van der Waals surface area contributed by atoms with Crippen molar-refractivity contribution in [2.24, 2.45) is 0 Å². The number of hydrogen-bond acceptors (Lipinski definition) is 3. The van der Waals surface area contributed by atoms with Gasteiger partial charge in [-0.15, -0.1) is 0 Å². The monoisotopic (exact) mass is 314 g/mol. The summed E-state index contributed by atoms with van der Waals surface area (Å²) >= 11 is 0. The Bertz CT molecular complexity index is 485. The van der Waals surface area contributed by atoms with Gasteiger partial charge in [-0.3, -0.25) is 0 Å². The lowest BCUT2D eigenvalue weighted by atomic mass is 10.1. The van der Waals surface area contributed by atoms with Gasteiger partial charge in [-0.25, -0.2) is 0 Å². The van der Waals surface area contributed by atoms with Gasteiger partial charge in [-0.1, -0.05) is 44.2 Å². The van der Waals surface area contributed by atoms with Gasteiger partial charge in [-0.05, 0) is 24.8 Å². The van der Waals surface area contributed by atoms with E-state index in [1.165, 1.54) is 4.31 Å². The van der Waals surface area contributed by atoms with E-state index in [9.17, 15) is 13.5 Å². The molecule has 1 aromatic rings. The zero-order valence-electron chi connectivity index (χ0n) is 12.8. The summed E-state index contributed by atoms with van der Waals surface area (Å²) in [5.74, 6) is 0. The molecule has 120 valence electrons. The van der Waals surface area contributed by atoms with Gasteiger partial charge in [0.25, 0.3) is 10.2 Å². The molecule has 6 heteroatoms.